The largest absolute Gasteiger partial charge is 0.359 e. The van der Waals surface area contributed by atoms with E-state index in [1.807, 2.05) is 0 Å². The zero-order chi connectivity index (χ0) is 19.2. The highest BCUT2D eigenvalue weighted by Gasteiger charge is 2.23. The lowest BCUT2D eigenvalue weighted by Crippen LogP contribution is -2.37. The molecule has 1 aromatic heterocycles. The van der Waals surface area contributed by atoms with Gasteiger partial charge in [-0.15, -0.1) is 6.58 Å². The van der Waals surface area contributed by atoms with Gasteiger partial charge in [0.25, 0.3) is 0 Å². The number of hydrogen-bond donors (Lipinski definition) is 2. The molecule has 1 aromatic rings. The van der Waals surface area contributed by atoms with Crippen molar-refractivity contribution >= 4 is 34.9 Å². The number of nitrogens with zero attached hydrogens (tertiary/aromatic N) is 4. The third-order valence-electron chi connectivity index (χ3n) is 5.29. The Morgan fingerprint density at radius 2 is 1.70 bits per heavy atom. The van der Waals surface area contributed by atoms with Crippen molar-refractivity contribution < 1.29 is 0 Å². The Morgan fingerprint density at radius 1 is 1.15 bits per heavy atom. The molecule has 0 unspecified atom stereocenters. The molecule has 0 amide bonds. The first-order valence-corrected chi connectivity index (χ1v) is 10.5. The Bertz CT molecular complexity index is 624. The van der Waals surface area contributed by atoms with Crippen LogP contribution in [0.25, 0.3) is 0 Å². The molecule has 6 nitrogen and oxygen atoms in total. The summed E-state index contributed by atoms with van der Waals surface area (Å²) in [4.78, 5) is 14.3. The van der Waals surface area contributed by atoms with Crippen molar-refractivity contribution in [2.24, 2.45) is 11.8 Å². The molecule has 0 radical (unpaired) electrons. The fourth-order valence-corrected chi connectivity index (χ4v) is 4.08. The Hall–Kier alpha value is -1.89. The van der Waals surface area contributed by atoms with Crippen molar-refractivity contribution in [3.05, 3.63) is 18.7 Å². The summed E-state index contributed by atoms with van der Waals surface area (Å²) in [5.41, 5.74) is 0. The van der Waals surface area contributed by atoms with Crippen molar-refractivity contribution in [2.75, 3.05) is 47.8 Å². The topological polar surface area (TPSA) is 56.3 Å². The molecule has 27 heavy (non-hydrogen) atoms. The van der Waals surface area contributed by atoms with Gasteiger partial charge in [-0.2, -0.15) is 9.97 Å². The highest BCUT2D eigenvalue weighted by Crippen LogP contribution is 2.28. The van der Waals surface area contributed by atoms with E-state index >= 15 is 0 Å². The van der Waals surface area contributed by atoms with E-state index in [1.54, 1.807) is 6.08 Å². The molecule has 3 rings (SSSR count). The lowest BCUT2D eigenvalue weighted by molar-refractivity contribution is 0.441. The van der Waals surface area contributed by atoms with Crippen molar-refractivity contribution in [3.63, 3.8) is 0 Å². The molecule has 2 N–H and O–H groups in total. The van der Waals surface area contributed by atoms with Crippen LogP contribution < -0.4 is 20.4 Å². The maximum Gasteiger partial charge on any atom is 0.232 e. The maximum atomic E-state index is 5.36. The molecule has 2 atom stereocenters. The molecule has 2 aliphatic rings. The molecule has 0 bridgehead atoms. The number of anilines is 3. The van der Waals surface area contributed by atoms with Crippen molar-refractivity contribution in [1.82, 2.24) is 15.3 Å². The number of nitrogens with one attached hydrogen (secondary N) is 2. The second-order valence-corrected chi connectivity index (χ2v) is 8.33. The first-order chi connectivity index (χ1) is 13.0. The Balaban J connectivity index is 1.84. The van der Waals surface area contributed by atoms with E-state index in [0.717, 1.165) is 37.8 Å². The minimum Gasteiger partial charge on any atom is -0.359 e. The average Bonchev–Trinajstić information content (AvgIpc) is 2.66. The van der Waals surface area contributed by atoms with Crippen LogP contribution in [0.2, 0.25) is 0 Å². The number of rotatable bonds is 5. The van der Waals surface area contributed by atoms with Gasteiger partial charge in [-0.25, -0.2) is 0 Å². The minimum atomic E-state index is 0.525. The maximum absolute atomic E-state index is 5.36. The van der Waals surface area contributed by atoms with Gasteiger partial charge in [-0.3, -0.25) is 0 Å². The van der Waals surface area contributed by atoms with Gasteiger partial charge in [0.2, 0.25) is 5.95 Å². The van der Waals surface area contributed by atoms with E-state index in [1.165, 1.54) is 25.7 Å². The molecule has 2 saturated heterocycles. The number of piperidine rings is 2. The fraction of sp³-hybridized carbons (Fsp3) is 0.650. The Labute approximate surface area is 168 Å². The average molecular weight is 389 g/mol. The summed E-state index contributed by atoms with van der Waals surface area (Å²) in [6.07, 6.45) is 6.78. The van der Waals surface area contributed by atoms with Crippen LogP contribution in [-0.4, -0.2) is 47.8 Å². The summed E-state index contributed by atoms with van der Waals surface area (Å²) in [5.74, 6) is 3.95. The van der Waals surface area contributed by atoms with Crippen LogP contribution in [-0.2, 0) is 0 Å². The van der Waals surface area contributed by atoms with Crippen LogP contribution in [0, 0.1) is 11.8 Å². The molecule has 0 aromatic carbocycles. The standard InChI is InChI=1S/C20H32N6S/c1-4-9-21-20(27)24-19-22-17(25-10-5-7-15(2)13-25)12-18(23-19)26-11-6-8-16(3)14-26/h4,12,15-16H,1,5-11,13-14H2,2-3H3,(H2,21,22,23,24,27)/t15-,16-/m1/s1. The summed E-state index contributed by atoms with van der Waals surface area (Å²) in [6, 6.07) is 2.15. The molecule has 0 aliphatic carbocycles. The number of hydrogen-bond acceptors (Lipinski definition) is 5. The van der Waals surface area contributed by atoms with Gasteiger partial charge in [-0.1, -0.05) is 19.9 Å². The summed E-state index contributed by atoms with van der Waals surface area (Å²) < 4.78 is 0. The van der Waals surface area contributed by atoms with Crippen LogP contribution >= 0.6 is 12.2 Å². The molecular weight excluding hydrogens is 356 g/mol. The van der Waals surface area contributed by atoms with Gasteiger partial charge in [0.05, 0.1) is 0 Å². The third kappa shape index (κ3) is 5.54. The fourth-order valence-electron chi connectivity index (χ4n) is 3.91. The molecule has 2 aliphatic heterocycles. The van der Waals surface area contributed by atoms with Crippen LogP contribution in [0.15, 0.2) is 18.7 Å². The normalized spacial score (nSPS) is 23.0. The number of aromatic nitrogens is 2. The monoisotopic (exact) mass is 388 g/mol. The molecule has 7 heteroatoms. The minimum absolute atomic E-state index is 0.525. The van der Waals surface area contributed by atoms with E-state index in [-0.39, 0.29) is 0 Å². The summed E-state index contributed by atoms with van der Waals surface area (Å²) >= 11 is 5.36. The first-order valence-electron chi connectivity index (χ1n) is 10.1. The van der Waals surface area contributed by atoms with E-state index in [0.29, 0.717) is 29.4 Å². The molecule has 148 valence electrons. The predicted molar refractivity (Wildman–Crippen MR) is 118 cm³/mol. The highest BCUT2D eigenvalue weighted by molar-refractivity contribution is 7.80. The molecule has 0 saturated carbocycles. The SMILES string of the molecule is C=CCNC(=S)Nc1nc(N2CCC[C@@H](C)C2)cc(N2CCC[C@@H](C)C2)n1. The lowest BCUT2D eigenvalue weighted by Gasteiger charge is -2.35. The molecule has 2 fully saturated rings. The Kier molecular flexibility index (Phi) is 6.88. The van der Waals surface area contributed by atoms with Gasteiger partial charge in [0, 0.05) is 38.8 Å². The van der Waals surface area contributed by atoms with E-state index < -0.39 is 0 Å². The zero-order valence-electron chi connectivity index (χ0n) is 16.6. The van der Waals surface area contributed by atoms with Crippen molar-refractivity contribution in [2.45, 2.75) is 39.5 Å². The lowest BCUT2D eigenvalue weighted by atomic mass is 10.00. The van der Waals surface area contributed by atoms with Gasteiger partial charge < -0.3 is 20.4 Å². The van der Waals surface area contributed by atoms with Gasteiger partial charge in [-0.05, 0) is 49.7 Å². The smallest absolute Gasteiger partial charge is 0.232 e. The van der Waals surface area contributed by atoms with E-state index in [9.17, 15) is 0 Å². The van der Waals surface area contributed by atoms with E-state index in [4.69, 9.17) is 22.2 Å². The van der Waals surface area contributed by atoms with Crippen LogP contribution in [0.1, 0.15) is 39.5 Å². The number of thiocarbonyl (C=S) groups is 1. The predicted octanol–water partition coefficient (Wildman–Crippen LogP) is 3.42. The summed E-state index contributed by atoms with van der Waals surface area (Å²) in [7, 11) is 0. The second kappa shape index (κ2) is 9.35. The summed E-state index contributed by atoms with van der Waals surface area (Å²) in [6.45, 7) is 13.2. The summed E-state index contributed by atoms with van der Waals surface area (Å²) in [5, 5.41) is 6.77. The Morgan fingerprint density at radius 3 is 2.19 bits per heavy atom. The van der Waals surface area contributed by atoms with Crippen molar-refractivity contribution in [1.29, 1.82) is 0 Å². The van der Waals surface area contributed by atoms with Crippen LogP contribution in [0.4, 0.5) is 17.6 Å². The molecule has 0 spiro atoms. The first kappa shape index (κ1) is 19.9. The van der Waals surface area contributed by atoms with Crippen LogP contribution in [0.3, 0.4) is 0 Å². The quantitative estimate of drug-likeness (QED) is 0.592. The highest BCUT2D eigenvalue weighted by atomic mass is 32.1. The van der Waals surface area contributed by atoms with Crippen molar-refractivity contribution in [3.8, 4) is 0 Å². The van der Waals surface area contributed by atoms with Crippen LogP contribution in [0.5, 0.6) is 0 Å². The van der Waals surface area contributed by atoms with E-state index in [2.05, 4.69) is 46.9 Å². The van der Waals surface area contributed by atoms with Gasteiger partial charge in [0.15, 0.2) is 5.11 Å². The van der Waals surface area contributed by atoms with Gasteiger partial charge >= 0.3 is 0 Å². The molecule has 3 heterocycles. The molecular formula is C20H32N6S. The third-order valence-corrected chi connectivity index (χ3v) is 5.54. The zero-order valence-corrected chi connectivity index (χ0v) is 17.4. The van der Waals surface area contributed by atoms with Gasteiger partial charge in [0.1, 0.15) is 11.6 Å². The second-order valence-electron chi connectivity index (χ2n) is 7.92.